The van der Waals surface area contributed by atoms with Crippen molar-refractivity contribution in [2.45, 2.75) is 19.1 Å². The third-order valence-electron chi connectivity index (χ3n) is 3.46. The molecule has 0 spiro atoms. The molecule has 2 aromatic rings. The number of carbonyl (C=O) groups excluding carboxylic acids is 1. The van der Waals surface area contributed by atoms with E-state index in [9.17, 15) is 13.6 Å². The maximum Gasteiger partial charge on any atom is 0.257 e. The number of benzene rings is 2. The van der Waals surface area contributed by atoms with E-state index >= 15 is 0 Å². The van der Waals surface area contributed by atoms with Crippen LogP contribution in [0.5, 0.6) is 0 Å². The SMILES string of the molecule is COC(c1ccc(Cl)cc1)C(C)NC(=O)c1c(F)cccc1F. The van der Waals surface area contributed by atoms with Gasteiger partial charge in [0, 0.05) is 12.1 Å². The Morgan fingerprint density at radius 3 is 2.22 bits per heavy atom. The topological polar surface area (TPSA) is 38.3 Å². The lowest BCUT2D eigenvalue weighted by atomic mass is 10.0. The standard InChI is InChI=1S/C17H16ClF2NO2/c1-10(16(23-2)11-6-8-12(18)9-7-11)21-17(22)15-13(19)4-3-5-14(15)20/h3-10,16H,1-2H3,(H,21,22). The number of ether oxygens (including phenoxy) is 1. The van der Waals surface area contributed by atoms with Crippen molar-refractivity contribution in [3.05, 3.63) is 70.2 Å². The van der Waals surface area contributed by atoms with E-state index in [4.69, 9.17) is 16.3 Å². The van der Waals surface area contributed by atoms with Crippen molar-refractivity contribution in [3.63, 3.8) is 0 Å². The number of methoxy groups -OCH3 is 1. The van der Waals surface area contributed by atoms with E-state index < -0.39 is 35.3 Å². The van der Waals surface area contributed by atoms with Crippen LogP contribution in [0.2, 0.25) is 5.02 Å². The van der Waals surface area contributed by atoms with E-state index in [1.807, 2.05) is 0 Å². The molecule has 0 saturated heterocycles. The predicted molar refractivity (Wildman–Crippen MR) is 84.5 cm³/mol. The Morgan fingerprint density at radius 1 is 1.13 bits per heavy atom. The molecule has 1 amide bonds. The number of halogens is 3. The van der Waals surface area contributed by atoms with Gasteiger partial charge in [-0.05, 0) is 36.8 Å². The van der Waals surface area contributed by atoms with Crippen molar-refractivity contribution < 1.29 is 18.3 Å². The van der Waals surface area contributed by atoms with Crippen LogP contribution in [-0.4, -0.2) is 19.1 Å². The summed E-state index contributed by atoms with van der Waals surface area (Å²) in [7, 11) is 1.49. The number of hydrogen-bond acceptors (Lipinski definition) is 2. The van der Waals surface area contributed by atoms with Gasteiger partial charge in [0.05, 0.1) is 6.04 Å². The molecule has 0 fully saturated rings. The summed E-state index contributed by atoms with van der Waals surface area (Å²) in [5, 5.41) is 3.14. The van der Waals surface area contributed by atoms with Gasteiger partial charge in [-0.25, -0.2) is 8.78 Å². The van der Waals surface area contributed by atoms with Gasteiger partial charge in [0.1, 0.15) is 23.3 Å². The molecule has 0 aromatic heterocycles. The molecule has 0 aliphatic carbocycles. The summed E-state index contributed by atoms with van der Waals surface area (Å²) in [5.41, 5.74) is 0.184. The molecule has 0 radical (unpaired) electrons. The second-order valence-corrected chi connectivity index (χ2v) is 5.50. The number of nitrogens with one attached hydrogen (secondary N) is 1. The highest BCUT2D eigenvalue weighted by Crippen LogP contribution is 2.23. The maximum atomic E-state index is 13.7. The van der Waals surface area contributed by atoms with Gasteiger partial charge in [-0.3, -0.25) is 4.79 Å². The fourth-order valence-electron chi connectivity index (χ4n) is 2.35. The highest BCUT2D eigenvalue weighted by atomic mass is 35.5. The van der Waals surface area contributed by atoms with Crippen molar-refractivity contribution in [3.8, 4) is 0 Å². The monoisotopic (exact) mass is 339 g/mol. The van der Waals surface area contributed by atoms with E-state index in [1.165, 1.54) is 13.2 Å². The first-order valence-corrected chi connectivity index (χ1v) is 7.35. The summed E-state index contributed by atoms with van der Waals surface area (Å²) in [5.74, 6) is -2.64. The van der Waals surface area contributed by atoms with E-state index in [2.05, 4.69) is 5.32 Å². The molecular formula is C17H16ClF2NO2. The first kappa shape index (κ1) is 17.4. The molecule has 0 bridgehead atoms. The molecule has 1 N–H and O–H groups in total. The van der Waals surface area contributed by atoms with E-state index in [0.29, 0.717) is 5.02 Å². The molecular weight excluding hydrogens is 324 g/mol. The molecule has 122 valence electrons. The van der Waals surface area contributed by atoms with E-state index in [0.717, 1.165) is 17.7 Å². The first-order valence-electron chi connectivity index (χ1n) is 6.97. The Labute approximate surface area is 138 Å². The smallest absolute Gasteiger partial charge is 0.257 e. The summed E-state index contributed by atoms with van der Waals surface area (Å²) in [6.45, 7) is 1.69. The molecule has 0 aliphatic heterocycles. The van der Waals surface area contributed by atoms with Gasteiger partial charge in [-0.2, -0.15) is 0 Å². The van der Waals surface area contributed by atoms with Crippen molar-refractivity contribution in [2.24, 2.45) is 0 Å². The van der Waals surface area contributed by atoms with Crippen LogP contribution in [0.1, 0.15) is 28.9 Å². The minimum atomic E-state index is -0.907. The summed E-state index contributed by atoms with van der Waals surface area (Å²) in [4.78, 5) is 12.1. The van der Waals surface area contributed by atoms with Crippen LogP contribution in [0.25, 0.3) is 0 Å². The molecule has 23 heavy (non-hydrogen) atoms. The minimum Gasteiger partial charge on any atom is -0.375 e. The van der Waals surface area contributed by atoms with Crippen LogP contribution < -0.4 is 5.32 Å². The molecule has 0 heterocycles. The summed E-state index contributed by atoms with van der Waals surface area (Å²) >= 11 is 5.84. The molecule has 2 atom stereocenters. The van der Waals surface area contributed by atoms with Gasteiger partial charge in [0.15, 0.2) is 0 Å². The number of rotatable bonds is 5. The second-order valence-electron chi connectivity index (χ2n) is 5.07. The van der Waals surface area contributed by atoms with Crippen molar-refractivity contribution >= 4 is 17.5 Å². The molecule has 0 saturated carbocycles. The Kier molecular flexibility index (Phi) is 5.69. The van der Waals surface area contributed by atoms with Gasteiger partial charge in [-0.1, -0.05) is 29.8 Å². The van der Waals surface area contributed by atoms with Crippen LogP contribution >= 0.6 is 11.6 Å². The first-order chi connectivity index (χ1) is 10.9. The highest BCUT2D eigenvalue weighted by molar-refractivity contribution is 6.30. The van der Waals surface area contributed by atoms with E-state index in [-0.39, 0.29) is 0 Å². The quantitative estimate of drug-likeness (QED) is 0.889. The third-order valence-corrected chi connectivity index (χ3v) is 3.71. The average Bonchev–Trinajstić information content (AvgIpc) is 2.49. The number of amides is 1. The van der Waals surface area contributed by atoms with Crippen molar-refractivity contribution in [1.29, 1.82) is 0 Å². The zero-order valence-electron chi connectivity index (χ0n) is 12.6. The number of hydrogen-bond donors (Lipinski definition) is 1. The van der Waals surface area contributed by atoms with Gasteiger partial charge in [0.2, 0.25) is 0 Å². The molecule has 2 rings (SSSR count). The van der Waals surface area contributed by atoms with Crippen molar-refractivity contribution in [1.82, 2.24) is 5.32 Å². The molecule has 3 nitrogen and oxygen atoms in total. The predicted octanol–water partition coefficient (Wildman–Crippen LogP) is 4.12. The largest absolute Gasteiger partial charge is 0.375 e. The Morgan fingerprint density at radius 2 is 1.70 bits per heavy atom. The summed E-state index contributed by atoms with van der Waals surface area (Å²) < 4.78 is 32.7. The van der Waals surface area contributed by atoms with Crippen molar-refractivity contribution in [2.75, 3.05) is 7.11 Å². The second kappa shape index (κ2) is 7.53. The highest BCUT2D eigenvalue weighted by Gasteiger charge is 2.24. The fraction of sp³-hybridized carbons (Fsp3) is 0.235. The normalized spacial score (nSPS) is 13.4. The van der Waals surface area contributed by atoms with Gasteiger partial charge < -0.3 is 10.1 Å². The van der Waals surface area contributed by atoms with Crippen LogP contribution in [0.4, 0.5) is 8.78 Å². The van der Waals surface area contributed by atoms with Gasteiger partial charge >= 0.3 is 0 Å². The molecule has 0 aliphatic rings. The molecule has 2 unspecified atom stereocenters. The number of carbonyl (C=O) groups is 1. The average molecular weight is 340 g/mol. The Bertz CT molecular complexity index is 671. The summed E-state index contributed by atoms with van der Waals surface area (Å²) in [6.07, 6.45) is -0.481. The maximum absolute atomic E-state index is 13.7. The molecule has 6 heteroatoms. The Hall–Kier alpha value is -1.98. The van der Waals surface area contributed by atoms with Crippen LogP contribution in [0.15, 0.2) is 42.5 Å². The minimum absolute atomic E-state index is 0.481. The zero-order valence-corrected chi connectivity index (χ0v) is 13.4. The lowest BCUT2D eigenvalue weighted by Gasteiger charge is -2.24. The lowest BCUT2D eigenvalue weighted by molar-refractivity contribution is 0.0641. The Balaban J connectivity index is 2.17. The van der Waals surface area contributed by atoms with Crippen LogP contribution in [0, 0.1) is 11.6 Å². The zero-order chi connectivity index (χ0) is 17.0. The fourth-order valence-corrected chi connectivity index (χ4v) is 2.48. The van der Waals surface area contributed by atoms with Crippen LogP contribution in [-0.2, 0) is 4.74 Å². The summed E-state index contributed by atoms with van der Waals surface area (Å²) in [6, 6.07) is 9.71. The van der Waals surface area contributed by atoms with E-state index in [1.54, 1.807) is 31.2 Å². The van der Waals surface area contributed by atoms with Gasteiger partial charge in [0.25, 0.3) is 5.91 Å². The van der Waals surface area contributed by atoms with Gasteiger partial charge in [-0.15, -0.1) is 0 Å². The third kappa shape index (κ3) is 4.06. The van der Waals surface area contributed by atoms with Crippen LogP contribution in [0.3, 0.4) is 0 Å². The lowest BCUT2D eigenvalue weighted by Crippen LogP contribution is -2.38. The molecule has 2 aromatic carbocycles.